The largest absolute Gasteiger partial charge is 0.354 e. The summed E-state index contributed by atoms with van der Waals surface area (Å²) in [6.07, 6.45) is 6.73. The molecule has 0 bridgehead atoms. The van der Waals surface area contributed by atoms with Crippen LogP contribution < -0.4 is 5.32 Å². The summed E-state index contributed by atoms with van der Waals surface area (Å²) in [5.74, 6) is 1.75. The highest BCUT2D eigenvalue weighted by molar-refractivity contribution is 5.76. The highest BCUT2D eigenvalue weighted by atomic mass is 16.1. The van der Waals surface area contributed by atoms with Gasteiger partial charge in [0.15, 0.2) is 0 Å². The third-order valence-electron chi connectivity index (χ3n) is 4.23. The molecule has 1 fully saturated rings. The molecule has 2 rings (SSSR count). The van der Waals surface area contributed by atoms with Gasteiger partial charge in [-0.1, -0.05) is 6.92 Å². The maximum atomic E-state index is 11.9. The van der Waals surface area contributed by atoms with E-state index in [-0.39, 0.29) is 5.91 Å². The number of rotatable bonds is 6. The van der Waals surface area contributed by atoms with Crippen molar-refractivity contribution >= 4 is 5.91 Å². The van der Waals surface area contributed by atoms with Gasteiger partial charge in [0.25, 0.3) is 0 Å². The summed E-state index contributed by atoms with van der Waals surface area (Å²) in [7, 11) is 0. The fourth-order valence-corrected chi connectivity index (χ4v) is 2.80. The van der Waals surface area contributed by atoms with Gasteiger partial charge in [-0.15, -0.1) is 0 Å². The summed E-state index contributed by atoms with van der Waals surface area (Å²) in [5.41, 5.74) is 0. The zero-order valence-corrected chi connectivity index (χ0v) is 12.6. The van der Waals surface area contributed by atoms with Crippen molar-refractivity contribution in [2.75, 3.05) is 26.2 Å². The van der Waals surface area contributed by atoms with Crippen LogP contribution in [-0.2, 0) is 11.3 Å². The first-order valence-corrected chi connectivity index (χ1v) is 7.65. The fraction of sp³-hybridized carbons (Fsp3) is 0.733. The SMILES string of the molecule is CCN1CCC(CC(=O)NCCn2ccnc2C)CC1. The highest BCUT2D eigenvalue weighted by Gasteiger charge is 2.20. The van der Waals surface area contributed by atoms with Crippen LogP contribution in [0.25, 0.3) is 0 Å². The number of aromatic nitrogens is 2. The maximum Gasteiger partial charge on any atom is 0.220 e. The summed E-state index contributed by atoms with van der Waals surface area (Å²) < 4.78 is 2.06. The van der Waals surface area contributed by atoms with E-state index in [1.54, 1.807) is 6.20 Å². The summed E-state index contributed by atoms with van der Waals surface area (Å²) in [6, 6.07) is 0. The molecule has 0 atom stereocenters. The molecule has 0 aliphatic carbocycles. The number of aryl methyl sites for hydroxylation is 1. The van der Waals surface area contributed by atoms with Crippen molar-refractivity contribution in [3.05, 3.63) is 18.2 Å². The van der Waals surface area contributed by atoms with Crippen LogP contribution in [-0.4, -0.2) is 46.5 Å². The molecule has 1 N–H and O–H groups in total. The highest BCUT2D eigenvalue weighted by Crippen LogP contribution is 2.19. The molecular weight excluding hydrogens is 252 g/mol. The predicted octanol–water partition coefficient (Wildman–Crippen LogP) is 1.43. The van der Waals surface area contributed by atoms with E-state index in [0.717, 1.165) is 44.8 Å². The number of piperidine rings is 1. The monoisotopic (exact) mass is 278 g/mol. The molecule has 5 heteroatoms. The van der Waals surface area contributed by atoms with Gasteiger partial charge in [0.05, 0.1) is 0 Å². The lowest BCUT2D eigenvalue weighted by Gasteiger charge is -2.30. The van der Waals surface area contributed by atoms with E-state index in [1.165, 1.54) is 0 Å². The van der Waals surface area contributed by atoms with Crippen LogP contribution >= 0.6 is 0 Å². The van der Waals surface area contributed by atoms with Gasteiger partial charge in [0.2, 0.25) is 5.91 Å². The van der Waals surface area contributed by atoms with E-state index in [4.69, 9.17) is 0 Å². The van der Waals surface area contributed by atoms with Gasteiger partial charge >= 0.3 is 0 Å². The van der Waals surface area contributed by atoms with Crippen molar-refractivity contribution in [1.82, 2.24) is 19.8 Å². The summed E-state index contributed by atoms with van der Waals surface area (Å²) in [6.45, 7) is 9.07. The van der Waals surface area contributed by atoms with Crippen molar-refractivity contribution < 1.29 is 4.79 Å². The molecule has 1 amide bonds. The molecule has 0 unspecified atom stereocenters. The van der Waals surface area contributed by atoms with Crippen LogP contribution in [0.1, 0.15) is 32.0 Å². The normalized spacial score (nSPS) is 17.3. The number of nitrogens with zero attached hydrogens (tertiary/aromatic N) is 3. The number of likely N-dealkylation sites (tertiary alicyclic amines) is 1. The van der Waals surface area contributed by atoms with Gasteiger partial charge in [-0.2, -0.15) is 0 Å². The Morgan fingerprint density at radius 1 is 1.45 bits per heavy atom. The number of imidazole rings is 1. The molecule has 0 aromatic carbocycles. The fourth-order valence-electron chi connectivity index (χ4n) is 2.80. The standard InChI is InChI=1S/C15H26N4O/c1-3-18-8-4-14(5-9-18)12-15(20)17-7-11-19-10-6-16-13(19)2/h6,10,14H,3-5,7-9,11-12H2,1-2H3,(H,17,20). The second-order valence-corrected chi connectivity index (χ2v) is 5.60. The van der Waals surface area contributed by atoms with E-state index >= 15 is 0 Å². The van der Waals surface area contributed by atoms with Crippen LogP contribution in [0.3, 0.4) is 0 Å². The number of hydrogen-bond donors (Lipinski definition) is 1. The molecule has 20 heavy (non-hydrogen) atoms. The minimum absolute atomic E-state index is 0.192. The van der Waals surface area contributed by atoms with Gasteiger partial charge in [-0.05, 0) is 45.3 Å². The Morgan fingerprint density at radius 3 is 2.80 bits per heavy atom. The molecule has 1 aliphatic rings. The number of amides is 1. The minimum atomic E-state index is 0.192. The number of carbonyl (C=O) groups is 1. The Morgan fingerprint density at radius 2 is 2.20 bits per heavy atom. The number of carbonyl (C=O) groups excluding carboxylic acids is 1. The average molecular weight is 278 g/mol. The van der Waals surface area contributed by atoms with Crippen molar-refractivity contribution in [2.45, 2.75) is 39.7 Å². The topological polar surface area (TPSA) is 50.2 Å². The van der Waals surface area contributed by atoms with Crippen molar-refractivity contribution in [2.24, 2.45) is 5.92 Å². The first kappa shape index (κ1) is 15.0. The molecule has 1 aromatic rings. The van der Waals surface area contributed by atoms with Crippen molar-refractivity contribution in [3.8, 4) is 0 Å². The average Bonchev–Trinajstić information content (AvgIpc) is 2.85. The van der Waals surface area contributed by atoms with Crippen LogP contribution in [0.15, 0.2) is 12.4 Å². The van der Waals surface area contributed by atoms with E-state index in [0.29, 0.717) is 18.9 Å². The minimum Gasteiger partial charge on any atom is -0.354 e. The molecule has 112 valence electrons. The maximum absolute atomic E-state index is 11.9. The van der Waals surface area contributed by atoms with Gasteiger partial charge in [-0.25, -0.2) is 4.98 Å². The van der Waals surface area contributed by atoms with E-state index in [2.05, 4.69) is 26.7 Å². The molecule has 2 heterocycles. The van der Waals surface area contributed by atoms with Crippen molar-refractivity contribution in [1.29, 1.82) is 0 Å². The zero-order chi connectivity index (χ0) is 14.4. The molecule has 0 saturated carbocycles. The number of hydrogen-bond acceptors (Lipinski definition) is 3. The second kappa shape index (κ2) is 7.43. The Kier molecular flexibility index (Phi) is 5.59. The number of nitrogens with one attached hydrogen (secondary N) is 1. The zero-order valence-electron chi connectivity index (χ0n) is 12.6. The summed E-state index contributed by atoms with van der Waals surface area (Å²) in [5, 5.41) is 3.02. The second-order valence-electron chi connectivity index (χ2n) is 5.60. The van der Waals surface area contributed by atoms with Crippen LogP contribution in [0.2, 0.25) is 0 Å². The summed E-state index contributed by atoms with van der Waals surface area (Å²) in [4.78, 5) is 18.5. The van der Waals surface area contributed by atoms with Crippen molar-refractivity contribution in [3.63, 3.8) is 0 Å². The lowest BCUT2D eigenvalue weighted by atomic mass is 9.93. The van der Waals surface area contributed by atoms with E-state index < -0.39 is 0 Å². The van der Waals surface area contributed by atoms with Crippen LogP contribution in [0.5, 0.6) is 0 Å². The predicted molar refractivity (Wildman–Crippen MR) is 79.4 cm³/mol. The van der Waals surface area contributed by atoms with Crippen LogP contribution in [0.4, 0.5) is 0 Å². The quantitative estimate of drug-likeness (QED) is 0.856. The molecule has 5 nitrogen and oxygen atoms in total. The Balaban J connectivity index is 1.62. The van der Waals surface area contributed by atoms with Gasteiger partial charge in [0, 0.05) is 31.9 Å². The summed E-state index contributed by atoms with van der Waals surface area (Å²) >= 11 is 0. The molecule has 1 saturated heterocycles. The van der Waals surface area contributed by atoms with E-state index in [9.17, 15) is 4.79 Å². The van der Waals surface area contributed by atoms with Gasteiger partial charge < -0.3 is 14.8 Å². The first-order chi connectivity index (χ1) is 9.69. The Bertz CT molecular complexity index is 421. The van der Waals surface area contributed by atoms with E-state index in [1.807, 2.05) is 13.1 Å². The first-order valence-electron chi connectivity index (χ1n) is 7.65. The van der Waals surface area contributed by atoms with Gasteiger partial charge in [-0.3, -0.25) is 4.79 Å². The smallest absolute Gasteiger partial charge is 0.220 e. The van der Waals surface area contributed by atoms with Crippen LogP contribution in [0, 0.1) is 12.8 Å². The molecule has 1 aliphatic heterocycles. The Labute approximate surface area is 121 Å². The lowest BCUT2D eigenvalue weighted by molar-refractivity contribution is -0.122. The molecule has 0 radical (unpaired) electrons. The third kappa shape index (κ3) is 4.34. The lowest BCUT2D eigenvalue weighted by Crippen LogP contribution is -2.36. The third-order valence-corrected chi connectivity index (χ3v) is 4.23. The molecule has 1 aromatic heterocycles. The Hall–Kier alpha value is -1.36. The molecule has 0 spiro atoms. The van der Waals surface area contributed by atoms with Gasteiger partial charge in [0.1, 0.15) is 5.82 Å². The molecular formula is C15H26N4O.